The first kappa shape index (κ1) is 34.1. The van der Waals surface area contributed by atoms with Gasteiger partial charge in [0.2, 0.25) is 0 Å². The molecule has 0 radical (unpaired) electrons. The van der Waals surface area contributed by atoms with Crippen molar-refractivity contribution >= 4 is 16.7 Å². The van der Waals surface area contributed by atoms with Gasteiger partial charge >= 0.3 is 0 Å². The third-order valence-corrected chi connectivity index (χ3v) is 9.25. The number of ether oxygens (including phenoxy) is 5. The van der Waals surface area contributed by atoms with Gasteiger partial charge < -0.3 is 29.0 Å². The molecule has 0 atom stereocenters. The van der Waals surface area contributed by atoms with Crippen LogP contribution in [-0.2, 0) is 17.6 Å². The Morgan fingerprint density at radius 2 is 1.82 bits per heavy atom. The largest absolute Gasteiger partial charge is 0.493 e. The van der Waals surface area contributed by atoms with E-state index in [-0.39, 0.29) is 23.5 Å². The van der Waals surface area contributed by atoms with Crippen LogP contribution in [0.1, 0.15) is 40.7 Å². The number of hydrogen-bond donors (Lipinski definition) is 1. The van der Waals surface area contributed by atoms with Gasteiger partial charge in [-0.2, -0.15) is 0 Å². The highest BCUT2D eigenvalue weighted by atomic mass is 19.1. The van der Waals surface area contributed by atoms with E-state index in [4.69, 9.17) is 23.7 Å². The molecule has 3 heterocycles. The Balaban J connectivity index is 1.04. The first-order valence-electron chi connectivity index (χ1n) is 16.8. The number of ketones is 1. The quantitative estimate of drug-likeness (QED) is 0.105. The molecule has 264 valence electrons. The minimum absolute atomic E-state index is 0.0589. The summed E-state index contributed by atoms with van der Waals surface area (Å²) in [7, 11) is 3.28. The monoisotopic (exact) mass is 697 g/mol. The van der Waals surface area contributed by atoms with Gasteiger partial charge in [0.25, 0.3) is 5.56 Å². The number of benzene rings is 3. The number of halogens is 2. The molecule has 5 aromatic rings. The van der Waals surface area contributed by atoms with E-state index in [0.717, 1.165) is 25.8 Å². The van der Waals surface area contributed by atoms with Crippen LogP contribution in [0.4, 0.5) is 8.78 Å². The summed E-state index contributed by atoms with van der Waals surface area (Å²) in [5.74, 6) is -0.110. The standard InChI is InChI=1S/C39H37F2N3O7/c1-47-28-18-26(19-28)42-12-3-14-49-36-21-31-29(20-35(36)48-2)33(10-13-43-31)51-34-9-4-23(16-30(34)41)17-32(45)37-38-24(11-15-50-38)22-44(39(37)46)27-7-5-25(40)6-8-27/h4-10,13,16,20-22,26,28,42H,3,11-12,14-15,17-19H2,1-2H3. The molecule has 12 heteroatoms. The smallest absolute Gasteiger partial charge is 0.269 e. The average Bonchev–Trinajstić information content (AvgIpc) is 3.58. The van der Waals surface area contributed by atoms with Crippen LogP contribution in [0.25, 0.3) is 16.6 Å². The zero-order valence-electron chi connectivity index (χ0n) is 28.2. The second kappa shape index (κ2) is 14.9. The number of hydrogen-bond acceptors (Lipinski definition) is 9. The summed E-state index contributed by atoms with van der Waals surface area (Å²) in [6.45, 7) is 1.63. The SMILES string of the molecule is COc1cc2c(Oc3ccc(CC(=O)c4c5c(cn(-c6ccc(F)cc6)c4=O)CCO5)cc3F)ccnc2cc1OCCCNC1CC(OC)C1. The molecule has 0 saturated heterocycles. The molecule has 0 amide bonds. The molecule has 1 saturated carbocycles. The average molecular weight is 698 g/mol. The van der Waals surface area contributed by atoms with E-state index in [2.05, 4.69) is 10.3 Å². The van der Waals surface area contributed by atoms with Gasteiger partial charge in [-0.25, -0.2) is 8.78 Å². The fourth-order valence-electron chi connectivity index (χ4n) is 6.40. The van der Waals surface area contributed by atoms with E-state index in [1.54, 1.807) is 50.9 Å². The Morgan fingerprint density at radius 1 is 1.00 bits per heavy atom. The Labute approximate surface area is 292 Å². The van der Waals surface area contributed by atoms with Crippen LogP contribution < -0.4 is 29.8 Å². The van der Waals surface area contributed by atoms with E-state index in [0.29, 0.717) is 76.7 Å². The van der Waals surface area contributed by atoms with Crippen LogP contribution in [-0.4, -0.2) is 61.5 Å². The third-order valence-electron chi connectivity index (χ3n) is 9.25. The summed E-state index contributed by atoms with van der Waals surface area (Å²) in [6, 6.07) is 15.3. The summed E-state index contributed by atoms with van der Waals surface area (Å²) in [4.78, 5) is 31.5. The number of carbonyl (C=O) groups is 1. The first-order chi connectivity index (χ1) is 24.8. The second-order valence-electron chi connectivity index (χ2n) is 12.6. The summed E-state index contributed by atoms with van der Waals surface area (Å²) in [5.41, 5.74) is 1.31. The number of methoxy groups -OCH3 is 2. The van der Waals surface area contributed by atoms with Crippen molar-refractivity contribution in [2.75, 3.05) is 34.0 Å². The van der Waals surface area contributed by atoms with Crippen LogP contribution in [0.2, 0.25) is 0 Å². The number of fused-ring (bicyclic) bond motifs is 2. The molecule has 1 fully saturated rings. The normalized spacial score (nSPS) is 16.3. The number of rotatable bonds is 14. The van der Waals surface area contributed by atoms with Gasteiger partial charge in [-0.1, -0.05) is 6.07 Å². The topological polar surface area (TPSA) is 110 Å². The lowest BCUT2D eigenvalue weighted by Crippen LogP contribution is -2.45. The van der Waals surface area contributed by atoms with E-state index in [1.165, 1.54) is 41.0 Å². The molecule has 10 nitrogen and oxygen atoms in total. The lowest BCUT2D eigenvalue weighted by atomic mass is 9.89. The molecule has 1 aliphatic carbocycles. The zero-order valence-corrected chi connectivity index (χ0v) is 28.2. The Morgan fingerprint density at radius 3 is 2.59 bits per heavy atom. The fourth-order valence-corrected chi connectivity index (χ4v) is 6.40. The van der Waals surface area contributed by atoms with E-state index < -0.39 is 23.0 Å². The maximum atomic E-state index is 15.5. The number of aromatic nitrogens is 2. The predicted octanol–water partition coefficient (Wildman–Crippen LogP) is 6.36. The lowest BCUT2D eigenvalue weighted by molar-refractivity contribution is 0.0173. The highest BCUT2D eigenvalue weighted by molar-refractivity contribution is 6.00. The number of nitrogens with zero attached hydrogens (tertiary/aromatic N) is 2. The number of nitrogens with one attached hydrogen (secondary N) is 1. The van der Waals surface area contributed by atoms with E-state index in [1.807, 2.05) is 0 Å². The summed E-state index contributed by atoms with van der Waals surface area (Å²) in [5, 5.41) is 4.10. The highest BCUT2D eigenvalue weighted by Gasteiger charge is 2.29. The Bertz CT molecular complexity index is 2130. The van der Waals surface area contributed by atoms with Crippen LogP contribution in [0.15, 0.2) is 77.9 Å². The Kier molecular flexibility index (Phi) is 9.96. The minimum atomic E-state index is -0.691. The molecule has 3 aromatic carbocycles. The molecule has 0 bridgehead atoms. The molecule has 0 unspecified atom stereocenters. The van der Waals surface area contributed by atoms with Crippen LogP contribution in [0, 0.1) is 11.6 Å². The number of pyridine rings is 2. The van der Waals surface area contributed by atoms with Gasteiger partial charge in [0.15, 0.2) is 28.8 Å². The van der Waals surface area contributed by atoms with Gasteiger partial charge in [-0.05, 0) is 79.9 Å². The van der Waals surface area contributed by atoms with E-state index >= 15 is 4.39 Å². The maximum absolute atomic E-state index is 15.5. The van der Waals surface area contributed by atoms with Crippen molar-refractivity contribution in [1.82, 2.24) is 14.9 Å². The molecule has 7 rings (SSSR count). The van der Waals surface area contributed by atoms with Gasteiger partial charge in [-0.15, -0.1) is 0 Å². The molecule has 2 aromatic heterocycles. The first-order valence-corrected chi connectivity index (χ1v) is 16.8. The summed E-state index contributed by atoms with van der Waals surface area (Å²) < 4.78 is 59.0. The van der Waals surface area contributed by atoms with Crippen LogP contribution in [0.5, 0.6) is 28.7 Å². The van der Waals surface area contributed by atoms with Gasteiger partial charge in [0.1, 0.15) is 22.9 Å². The molecule has 2 aliphatic rings. The van der Waals surface area contributed by atoms with Gasteiger partial charge in [0.05, 0.1) is 31.9 Å². The summed E-state index contributed by atoms with van der Waals surface area (Å²) >= 11 is 0. The number of Topliss-reactive ketones (excluding diaryl/α,β-unsaturated/α-hetero) is 1. The van der Waals surface area contributed by atoms with Crippen molar-refractivity contribution in [2.24, 2.45) is 0 Å². The van der Waals surface area contributed by atoms with Crippen molar-refractivity contribution in [3.63, 3.8) is 0 Å². The van der Waals surface area contributed by atoms with Gasteiger partial charge in [-0.3, -0.25) is 19.1 Å². The maximum Gasteiger partial charge on any atom is 0.269 e. The van der Waals surface area contributed by atoms with Crippen molar-refractivity contribution in [3.8, 4) is 34.4 Å². The summed E-state index contributed by atoms with van der Waals surface area (Å²) in [6.07, 6.45) is 6.64. The Hall–Kier alpha value is -5.33. The van der Waals surface area contributed by atoms with Crippen molar-refractivity contribution < 1.29 is 37.3 Å². The second-order valence-corrected chi connectivity index (χ2v) is 12.6. The zero-order chi connectivity index (χ0) is 35.5. The molecule has 0 spiro atoms. The van der Waals surface area contributed by atoms with Crippen molar-refractivity contribution in [1.29, 1.82) is 0 Å². The molecular formula is C39H37F2N3O7. The highest BCUT2D eigenvalue weighted by Crippen LogP contribution is 2.38. The van der Waals surface area contributed by atoms with E-state index in [9.17, 15) is 14.0 Å². The van der Waals surface area contributed by atoms with Crippen LogP contribution >= 0.6 is 0 Å². The molecule has 1 N–H and O–H groups in total. The molecular weight excluding hydrogens is 660 g/mol. The predicted molar refractivity (Wildman–Crippen MR) is 186 cm³/mol. The van der Waals surface area contributed by atoms with Gasteiger partial charge in [0, 0.05) is 61.1 Å². The van der Waals surface area contributed by atoms with Crippen molar-refractivity contribution in [2.45, 2.75) is 44.2 Å². The molecule has 51 heavy (non-hydrogen) atoms. The fraction of sp³-hybridized carbons (Fsp3) is 0.308. The van der Waals surface area contributed by atoms with Crippen LogP contribution in [0.3, 0.4) is 0 Å². The van der Waals surface area contributed by atoms with Crippen molar-refractivity contribution in [3.05, 3.63) is 112 Å². The molecule has 1 aliphatic heterocycles. The minimum Gasteiger partial charge on any atom is -0.493 e. The third kappa shape index (κ3) is 7.28. The lowest BCUT2D eigenvalue weighted by Gasteiger charge is -2.34. The number of carbonyl (C=O) groups excluding carboxylic acids is 1.